The van der Waals surface area contributed by atoms with Gasteiger partial charge < -0.3 is 29.7 Å². The minimum atomic E-state index is -1.11. The summed E-state index contributed by atoms with van der Waals surface area (Å²) in [4.78, 5) is 23.2. The average molecular weight is 426 g/mol. The maximum atomic E-state index is 11.8. The molecule has 3 N–H and O–H groups in total. The lowest BCUT2D eigenvalue weighted by atomic mass is 10.0. The summed E-state index contributed by atoms with van der Waals surface area (Å²) in [5.41, 5.74) is 0.271. The number of benzene rings is 1. The van der Waals surface area contributed by atoms with Crippen LogP contribution in [-0.2, 0) is 20.9 Å². The van der Waals surface area contributed by atoms with Crippen LogP contribution in [0.2, 0.25) is 0 Å². The van der Waals surface area contributed by atoms with Gasteiger partial charge in [0.15, 0.2) is 0 Å². The summed E-state index contributed by atoms with van der Waals surface area (Å²) in [6, 6.07) is 6.47. The van der Waals surface area contributed by atoms with E-state index in [1.165, 1.54) is 0 Å². The monoisotopic (exact) mass is 425 g/mol. The molecule has 0 aliphatic carbocycles. The number of unbranched alkanes of at least 4 members (excludes halogenated alkanes) is 1. The summed E-state index contributed by atoms with van der Waals surface area (Å²) in [5, 5.41) is 21.7. The molecule has 0 aliphatic heterocycles. The minimum Gasteiger partial charge on any atom is -0.497 e. The summed E-state index contributed by atoms with van der Waals surface area (Å²) >= 11 is 0. The lowest BCUT2D eigenvalue weighted by Crippen LogP contribution is -2.43. The fourth-order valence-corrected chi connectivity index (χ4v) is 2.79. The molecule has 30 heavy (non-hydrogen) atoms. The summed E-state index contributed by atoms with van der Waals surface area (Å²) in [6.45, 7) is 7.17. The maximum Gasteiger partial charge on any atom is 0.408 e. The highest BCUT2D eigenvalue weighted by Gasteiger charge is 2.24. The van der Waals surface area contributed by atoms with Crippen molar-refractivity contribution in [1.29, 1.82) is 0 Å². The highest BCUT2D eigenvalue weighted by Crippen LogP contribution is 2.17. The van der Waals surface area contributed by atoms with Crippen LogP contribution < -0.4 is 10.1 Å². The number of aliphatic hydroxyl groups is 1. The van der Waals surface area contributed by atoms with Gasteiger partial charge in [0, 0.05) is 0 Å². The molecule has 170 valence electrons. The van der Waals surface area contributed by atoms with Crippen LogP contribution in [0.25, 0.3) is 0 Å². The summed E-state index contributed by atoms with van der Waals surface area (Å²) in [7, 11) is 1.60. The molecule has 0 heterocycles. The second kappa shape index (κ2) is 12.4. The molecule has 0 radical (unpaired) electrons. The van der Waals surface area contributed by atoms with Crippen molar-refractivity contribution in [2.24, 2.45) is 0 Å². The van der Waals surface area contributed by atoms with Crippen molar-refractivity contribution in [2.45, 2.75) is 83.8 Å². The van der Waals surface area contributed by atoms with Crippen molar-refractivity contribution >= 4 is 12.1 Å². The standard InChI is InChI=1S/C22H35NO7/c1-15(24)19(29-14-16-10-12-17(28-5)13-11-16)9-7-6-8-18(20(25)26)23-21(27)30-22(2,3)4/h10-13,15,18-19,24H,6-9,14H2,1-5H3,(H,23,27)(H,25,26)/t15-,18?,19?/m0/s1. The summed E-state index contributed by atoms with van der Waals surface area (Å²) in [6.07, 6.45) is 0.277. The molecule has 0 spiro atoms. The lowest BCUT2D eigenvalue weighted by molar-refractivity contribution is -0.139. The number of amides is 1. The van der Waals surface area contributed by atoms with Gasteiger partial charge >= 0.3 is 12.1 Å². The third kappa shape index (κ3) is 10.5. The minimum absolute atomic E-state index is 0.263. The first-order valence-electron chi connectivity index (χ1n) is 10.2. The van der Waals surface area contributed by atoms with Crippen molar-refractivity contribution < 1.29 is 34.0 Å². The van der Waals surface area contributed by atoms with Gasteiger partial charge in [0.1, 0.15) is 17.4 Å². The van der Waals surface area contributed by atoms with Crippen LogP contribution in [-0.4, -0.2) is 53.2 Å². The van der Waals surface area contributed by atoms with Crippen LogP contribution in [0.5, 0.6) is 5.75 Å². The van der Waals surface area contributed by atoms with Gasteiger partial charge in [-0.15, -0.1) is 0 Å². The molecule has 0 saturated heterocycles. The number of hydrogen-bond acceptors (Lipinski definition) is 6. The van der Waals surface area contributed by atoms with E-state index < -0.39 is 29.8 Å². The molecule has 0 aliphatic rings. The molecule has 0 saturated carbocycles. The van der Waals surface area contributed by atoms with E-state index in [2.05, 4.69) is 5.32 Å². The van der Waals surface area contributed by atoms with Gasteiger partial charge in [0.2, 0.25) is 0 Å². The van der Waals surface area contributed by atoms with Crippen LogP contribution in [0.15, 0.2) is 24.3 Å². The van der Waals surface area contributed by atoms with E-state index in [1.807, 2.05) is 24.3 Å². The molecule has 0 bridgehead atoms. The summed E-state index contributed by atoms with van der Waals surface area (Å²) in [5.74, 6) is -0.345. The zero-order valence-electron chi connectivity index (χ0n) is 18.5. The average Bonchev–Trinajstić information content (AvgIpc) is 2.64. The second-order valence-electron chi connectivity index (χ2n) is 8.26. The topological polar surface area (TPSA) is 114 Å². The van der Waals surface area contributed by atoms with Gasteiger partial charge in [-0.25, -0.2) is 9.59 Å². The highest BCUT2D eigenvalue weighted by atomic mass is 16.6. The first-order chi connectivity index (χ1) is 14.0. The molecule has 0 aromatic heterocycles. The molecule has 1 aromatic rings. The third-order valence-electron chi connectivity index (χ3n) is 4.38. The fourth-order valence-electron chi connectivity index (χ4n) is 2.79. The maximum absolute atomic E-state index is 11.8. The fraction of sp³-hybridized carbons (Fsp3) is 0.636. The molecule has 1 amide bonds. The van der Waals surface area contributed by atoms with E-state index in [4.69, 9.17) is 14.2 Å². The zero-order valence-corrected chi connectivity index (χ0v) is 18.5. The molecule has 1 rings (SSSR count). The molecule has 8 nitrogen and oxygen atoms in total. The number of methoxy groups -OCH3 is 1. The second-order valence-corrected chi connectivity index (χ2v) is 8.26. The first kappa shape index (κ1) is 25.7. The number of carbonyl (C=O) groups is 2. The van der Waals surface area contributed by atoms with Crippen molar-refractivity contribution in [2.75, 3.05) is 7.11 Å². The Morgan fingerprint density at radius 2 is 1.70 bits per heavy atom. The van der Waals surface area contributed by atoms with Gasteiger partial charge in [-0.1, -0.05) is 25.0 Å². The third-order valence-corrected chi connectivity index (χ3v) is 4.38. The highest BCUT2D eigenvalue weighted by molar-refractivity contribution is 5.79. The number of aliphatic carboxylic acids is 1. The van der Waals surface area contributed by atoms with Crippen LogP contribution in [0.1, 0.15) is 58.9 Å². The summed E-state index contributed by atoms with van der Waals surface area (Å²) < 4.78 is 16.1. The molecular formula is C22H35NO7. The number of carbonyl (C=O) groups excluding carboxylic acids is 1. The van der Waals surface area contributed by atoms with E-state index in [-0.39, 0.29) is 12.5 Å². The van der Waals surface area contributed by atoms with E-state index in [9.17, 15) is 19.8 Å². The predicted molar refractivity (Wildman–Crippen MR) is 113 cm³/mol. The largest absolute Gasteiger partial charge is 0.497 e. The van der Waals surface area contributed by atoms with Crippen LogP contribution in [0, 0.1) is 0 Å². The number of hydrogen-bond donors (Lipinski definition) is 3. The van der Waals surface area contributed by atoms with Crippen LogP contribution in [0.3, 0.4) is 0 Å². The van der Waals surface area contributed by atoms with E-state index in [1.54, 1.807) is 34.8 Å². The Labute approximate surface area is 178 Å². The Morgan fingerprint density at radius 1 is 1.10 bits per heavy atom. The van der Waals surface area contributed by atoms with E-state index in [0.717, 1.165) is 11.3 Å². The Morgan fingerprint density at radius 3 is 2.20 bits per heavy atom. The molecule has 2 unspecified atom stereocenters. The predicted octanol–water partition coefficient (Wildman–Crippen LogP) is 3.50. The van der Waals surface area contributed by atoms with Gasteiger partial charge in [-0.2, -0.15) is 0 Å². The normalized spacial score (nSPS) is 14.5. The number of carboxylic acid groups (broad SMARTS) is 1. The van der Waals surface area contributed by atoms with E-state index in [0.29, 0.717) is 25.9 Å². The molecule has 3 atom stereocenters. The van der Waals surface area contributed by atoms with Gasteiger partial charge in [0.25, 0.3) is 0 Å². The van der Waals surface area contributed by atoms with Gasteiger partial charge in [-0.3, -0.25) is 0 Å². The lowest BCUT2D eigenvalue weighted by Gasteiger charge is -2.23. The number of carboxylic acids is 1. The van der Waals surface area contributed by atoms with Crippen molar-refractivity contribution in [3.8, 4) is 5.75 Å². The van der Waals surface area contributed by atoms with Crippen molar-refractivity contribution in [1.82, 2.24) is 5.32 Å². The van der Waals surface area contributed by atoms with E-state index >= 15 is 0 Å². The number of alkyl carbamates (subject to hydrolysis) is 1. The number of aliphatic hydroxyl groups excluding tert-OH is 1. The molecule has 1 aromatic carbocycles. The Bertz CT molecular complexity index is 652. The SMILES string of the molecule is COc1ccc(COC(CCCCC(NC(=O)OC(C)(C)C)C(=O)O)[C@H](C)O)cc1. The van der Waals surface area contributed by atoms with Crippen LogP contribution >= 0.6 is 0 Å². The van der Waals surface area contributed by atoms with Gasteiger partial charge in [0.05, 0.1) is 25.9 Å². The zero-order chi connectivity index (χ0) is 22.7. The quantitative estimate of drug-likeness (QED) is 0.439. The smallest absolute Gasteiger partial charge is 0.408 e. The van der Waals surface area contributed by atoms with Gasteiger partial charge in [-0.05, 0) is 58.2 Å². The number of rotatable bonds is 12. The van der Waals surface area contributed by atoms with Crippen molar-refractivity contribution in [3.05, 3.63) is 29.8 Å². The Hall–Kier alpha value is -2.32. The number of nitrogens with one attached hydrogen (secondary N) is 1. The molecule has 8 heteroatoms. The van der Waals surface area contributed by atoms with Crippen LogP contribution in [0.4, 0.5) is 4.79 Å². The van der Waals surface area contributed by atoms with Crippen molar-refractivity contribution in [3.63, 3.8) is 0 Å². The Balaban J connectivity index is 2.44. The molecule has 0 fully saturated rings. The first-order valence-corrected chi connectivity index (χ1v) is 10.2. The molecular weight excluding hydrogens is 390 g/mol. The Kier molecular flexibility index (Phi) is 10.6. The number of ether oxygens (including phenoxy) is 3.